The molecule has 1 fully saturated rings. The second-order valence-corrected chi connectivity index (χ2v) is 6.35. The number of anilines is 1. The third-order valence-electron chi connectivity index (χ3n) is 4.87. The molecule has 130 valence electrons. The molecule has 0 bridgehead atoms. The van der Waals surface area contributed by atoms with E-state index >= 15 is 0 Å². The molecule has 0 spiro atoms. The van der Waals surface area contributed by atoms with Crippen LogP contribution in [-0.4, -0.2) is 36.9 Å². The monoisotopic (exact) mass is 337 g/mol. The van der Waals surface area contributed by atoms with Gasteiger partial charge in [-0.3, -0.25) is 0 Å². The molecule has 1 saturated heterocycles. The van der Waals surface area contributed by atoms with Crippen LogP contribution in [0.3, 0.4) is 0 Å². The summed E-state index contributed by atoms with van der Waals surface area (Å²) in [5.41, 5.74) is 2.30. The van der Waals surface area contributed by atoms with Crippen molar-refractivity contribution in [3.05, 3.63) is 71.8 Å². The number of piperidine rings is 1. The molecule has 0 radical (unpaired) electrons. The van der Waals surface area contributed by atoms with Gasteiger partial charge in [-0.2, -0.15) is 0 Å². The van der Waals surface area contributed by atoms with E-state index < -0.39 is 5.97 Å². The number of hydrogen-bond donors (Lipinski definition) is 1. The average Bonchev–Trinajstić information content (AvgIpc) is 2.68. The summed E-state index contributed by atoms with van der Waals surface area (Å²) in [6.45, 7) is 1.75. The molecule has 0 saturated carbocycles. The molecule has 25 heavy (non-hydrogen) atoms. The zero-order valence-electron chi connectivity index (χ0n) is 14.4. The molecule has 0 atom stereocenters. The highest BCUT2D eigenvalue weighted by Crippen LogP contribution is 2.31. The first-order valence-corrected chi connectivity index (χ1v) is 8.50. The Hall–Kier alpha value is -2.59. The van der Waals surface area contributed by atoms with Gasteiger partial charge in [0.25, 0.3) is 0 Å². The molecule has 4 nitrogen and oxygen atoms in total. The summed E-state index contributed by atoms with van der Waals surface area (Å²) >= 11 is 0. The average molecular weight is 337 g/mol. The predicted molar refractivity (Wildman–Crippen MR) is 100 cm³/mol. The molecule has 0 amide bonds. The third kappa shape index (κ3) is 4.09. The number of carbonyl (C=O) groups is 1. The minimum absolute atomic E-state index is 0.243. The molecular weight excluding hydrogens is 314 g/mol. The Morgan fingerprint density at radius 1 is 1.08 bits per heavy atom. The number of methoxy groups -OCH3 is 1. The van der Waals surface area contributed by atoms with Crippen molar-refractivity contribution in [3.63, 3.8) is 0 Å². The lowest BCUT2D eigenvalue weighted by molar-refractivity contribution is 0.0130. The van der Waals surface area contributed by atoms with Crippen molar-refractivity contribution in [2.75, 3.05) is 25.1 Å². The first-order valence-electron chi connectivity index (χ1n) is 8.50. The Morgan fingerprint density at radius 3 is 2.28 bits per heavy atom. The van der Waals surface area contributed by atoms with Crippen LogP contribution >= 0.6 is 0 Å². The van der Waals surface area contributed by atoms with Gasteiger partial charge in [0, 0.05) is 25.9 Å². The van der Waals surface area contributed by atoms with Gasteiger partial charge in [0.15, 0.2) is 0 Å². The van der Waals surface area contributed by atoms with Crippen molar-refractivity contribution in [1.29, 1.82) is 0 Å². The van der Waals surface area contributed by atoms with Crippen molar-refractivity contribution in [2.24, 2.45) is 0 Å². The van der Waals surface area contributed by atoms with Gasteiger partial charge in [-0.15, -0.1) is 0 Å². The molecule has 1 aliphatic heterocycles. The zero-order valence-corrected chi connectivity index (χ0v) is 14.4. The van der Waals surface area contributed by atoms with Gasteiger partial charge in [-0.1, -0.05) is 42.5 Å². The Bertz CT molecular complexity index is 729. The summed E-state index contributed by atoms with van der Waals surface area (Å²) < 4.78 is 5.84. The lowest BCUT2D eigenvalue weighted by Crippen LogP contribution is -2.44. The number of nitrogens with zero attached hydrogens (tertiary/aromatic N) is 1. The number of hydrogen-bond acceptors (Lipinski definition) is 3. The van der Waals surface area contributed by atoms with Crippen molar-refractivity contribution in [1.82, 2.24) is 0 Å². The molecular formula is C21H23NO3. The minimum Gasteiger partial charge on any atom is -0.478 e. The summed E-state index contributed by atoms with van der Waals surface area (Å²) in [7, 11) is 1.77. The Morgan fingerprint density at radius 2 is 1.72 bits per heavy atom. The molecule has 1 N–H and O–H groups in total. The number of benzene rings is 2. The maximum absolute atomic E-state index is 11.0. The van der Waals surface area contributed by atoms with Gasteiger partial charge >= 0.3 is 5.97 Å². The highest BCUT2D eigenvalue weighted by Gasteiger charge is 2.32. The van der Waals surface area contributed by atoms with Gasteiger partial charge in [0.2, 0.25) is 0 Å². The van der Waals surface area contributed by atoms with E-state index in [2.05, 4.69) is 29.2 Å². The Kier molecular flexibility index (Phi) is 5.19. The van der Waals surface area contributed by atoms with Crippen molar-refractivity contribution >= 4 is 17.7 Å². The topological polar surface area (TPSA) is 49.8 Å². The van der Waals surface area contributed by atoms with Gasteiger partial charge in [-0.25, -0.2) is 4.79 Å². The third-order valence-corrected chi connectivity index (χ3v) is 4.87. The molecule has 0 unspecified atom stereocenters. The maximum atomic E-state index is 11.0. The summed E-state index contributed by atoms with van der Waals surface area (Å²) in [6, 6.07) is 17.3. The van der Waals surface area contributed by atoms with E-state index in [1.807, 2.05) is 30.3 Å². The second-order valence-electron chi connectivity index (χ2n) is 6.35. The number of aromatic carboxylic acids is 1. The molecule has 2 aromatic rings. The largest absolute Gasteiger partial charge is 0.478 e. The predicted octanol–water partition coefficient (Wildman–Crippen LogP) is 4.08. The smallest absolute Gasteiger partial charge is 0.335 e. The number of carboxylic acids is 1. The van der Waals surface area contributed by atoms with E-state index in [-0.39, 0.29) is 5.60 Å². The van der Waals surface area contributed by atoms with E-state index in [9.17, 15) is 4.79 Å². The fourth-order valence-electron chi connectivity index (χ4n) is 3.21. The lowest BCUT2D eigenvalue weighted by atomic mass is 9.89. The Balaban J connectivity index is 1.66. The Labute approximate surface area is 148 Å². The van der Waals surface area contributed by atoms with Crippen LogP contribution in [0.5, 0.6) is 0 Å². The van der Waals surface area contributed by atoms with Crippen LogP contribution in [0.4, 0.5) is 5.69 Å². The number of ether oxygens (including phenoxy) is 1. The quantitative estimate of drug-likeness (QED) is 0.893. The van der Waals surface area contributed by atoms with Crippen LogP contribution in [0.1, 0.15) is 28.8 Å². The summed E-state index contributed by atoms with van der Waals surface area (Å²) in [6.07, 6.45) is 6.09. The molecule has 3 rings (SSSR count). The van der Waals surface area contributed by atoms with Crippen LogP contribution in [0.25, 0.3) is 6.08 Å². The van der Waals surface area contributed by atoms with E-state index in [0.29, 0.717) is 5.56 Å². The van der Waals surface area contributed by atoms with Crippen LogP contribution in [0, 0.1) is 0 Å². The van der Waals surface area contributed by atoms with Crippen LogP contribution in [0.2, 0.25) is 0 Å². The van der Waals surface area contributed by atoms with Crippen molar-refractivity contribution in [3.8, 4) is 0 Å². The van der Waals surface area contributed by atoms with Crippen LogP contribution < -0.4 is 4.90 Å². The number of carboxylic acid groups (broad SMARTS) is 1. The van der Waals surface area contributed by atoms with Gasteiger partial charge in [0.05, 0.1) is 11.2 Å². The molecule has 1 aliphatic rings. The van der Waals surface area contributed by atoms with Crippen molar-refractivity contribution < 1.29 is 14.6 Å². The number of rotatable bonds is 5. The van der Waals surface area contributed by atoms with E-state index in [1.165, 1.54) is 5.56 Å². The molecule has 4 heteroatoms. The molecule has 0 aliphatic carbocycles. The van der Waals surface area contributed by atoms with Crippen LogP contribution in [0.15, 0.2) is 60.7 Å². The normalized spacial score (nSPS) is 16.9. The molecule has 1 heterocycles. The van der Waals surface area contributed by atoms with E-state index in [0.717, 1.165) is 31.6 Å². The first-order chi connectivity index (χ1) is 12.1. The summed E-state index contributed by atoms with van der Waals surface area (Å²) in [4.78, 5) is 13.2. The second kappa shape index (κ2) is 7.53. The molecule has 0 aromatic heterocycles. The summed E-state index contributed by atoms with van der Waals surface area (Å²) in [5, 5.41) is 9.00. The minimum atomic E-state index is -0.894. The van der Waals surface area contributed by atoms with Crippen LogP contribution in [-0.2, 0) is 4.74 Å². The maximum Gasteiger partial charge on any atom is 0.335 e. The lowest BCUT2D eigenvalue weighted by Gasteiger charge is -2.40. The van der Waals surface area contributed by atoms with Crippen molar-refractivity contribution in [2.45, 2.75) is 18.4 Å². The van der Waals surface area contributed by atoms with E-state index in [4.69, 9.17) is 9.84 Å². The van der Waals surface area contributed by atoms with E-state index in [1.54, 1.807) is 19.2 Å². The standard InChI is InChI=1S/C21H23NO3/c1-25-21(12-11-17-5-3-2-4-6-17)13-15-22(16-14-21)19-9-7-18(8-10-19)20(23)24/h2-12H,13-16H2,1H3,(H,23,24)/b12-11+. The van der Waals surface area contributed by atoms with Gasteiger partial charge in [0.1, 0.15) is 0 Å². The fraction of sp³-hybridized carbons (Fsp3) is 0.286. The summed E-state index contributed by atoms with van der Waals surface area (Å²) in [5.74, 6) is -0.894. The van der Waals surface area contributed by atoms with Gasteiger partial charge < -0.3 is 14.7 Å². The fourth-order valence-corrected chi connectivity index (χ4v) is 3.21. The van der Waals surface area contributed by atoms with Gasteiger partial charge in [-0.05, 0) is 42.7 Å². The zero-order chi connectivity index (χ0) is 17.7. The first kappa shape index (κ1) is 17.2. The SMILES string of the molecule is COC1(/C=C/c2ccccc2)CCN(c2ccc(C(=O)O)cc2)CC1. The highest BCUT2D eigenvalue weighted by molar-refractivity contribution is 5.88. The molecule has 2 aromatic carbocycles. The highest BCUT2D eigenvalue weighted by atomic mass is 16.5.